The van der Waals surface area contributed by atoms with Crippen LogP contribution < -0.4 is 0 Å². The summed E-state index contributed by atoms with van der Waals surface area (Å²) in [7, 11) is 0. The minimum atomic E-state index is -0.270. The van der Waals surface area contributed by atoms with Crippen molar-refractivity contribution in [2.45, 2.75) is 33.1 Å². The zero-order chi connectivity index (χ0) is 11.2. The van der Waals surface area contributed by atoms with Crippen LogP contribution in [0.15, 0.2) is 12.3 Å². The molecule has 0 saturated heterocycles. The van der Waals surface area contributed by atoms with Gasteiger partial charge in [0.05, 0.1) is 6.20 Å². The first kappa shape index (κ1) is 10.1. The Balaban J connectivity index is 2.71. The molecule has 0 aliphatic carbocycles. The Morgan fingerprint density at radius 3 is 2.60 bits per heavy atom. The van der Waals surface area contributed by atoms with Gasteiger partial charge < -0.3 is 0 Å². The maximum Gasteiger partial charge on any atom is 0.154 e. The second-order valence-corrected chi connectivity index (χ2v) is 4.76. The zero-order valence-corrected chi connectivity index (χ0v) is 9.37. The van der Waals surface area contributed by atoms with Gasteiger partial charge in [-0.25, -0.2) is 13.9 Å². The van der Waals surface area contributed by atoms with E-state index >= 15 is 0 Å². The first-order valence-corrected chi connectivity index (χ1v) is 4.91. The lowest BCUT2D eigenvalue weighted by atomic mass is 9.96. The first-order chi connectivity index (χ1) is 6.89. The molecule has 80 valence electrons. The number of halogens is 1. The molecule has 0 unspecified atom stereocenters. The molecule has 3 nitrogen and oxygen atoms in total. The molecule has 0 atom stereocenters. The predicted molar refractivity (Wildman–Crippen MR) is 56.4 cm³/mol. The molecule has 2 aromatic rings. The van der Waals surface area contributed by atoms with Gasteiger partial charge in [0.25, 0.3) is 0 Å². The second-order valence-electron chi connectivity index (χ2n) is 4.76. The number of hydrogen-bond donors (Lipinski definition) is 0. The van der Waals surface area contributed by atoms with Crippen LogP contribution in [0.4, 0.5) is 4.39 Å². The van der Waals surface area contributed by atoms with Gasteiger partial charge in [-0.2, -0.15) is 5.10 Å². The van der Waals surface area contributed by atoms with Crippen LogP contribution in [0.2, 0.25) is 0 Å². The minimum Gasteiger partial charge on any atom is -0.237 e. The fraction of sp³-hybridized carbons (Fsp3) is 0.455. The minimum absolute atomic E-state index is 0.124. The Morgan fingerprint density at radius 1 is 1.33 bits per heavy atom. The van der Waals surface area contributed by atoms with E-state index in [0.29, 0.717) is 11.3 Å². The van der Waals surface area contributed by atoms with Gasteiger partial charge in [0, 0.05) is 11.1 Å². The molecule has 0 aromatic carbocycles. The molecule has 15 heavy (non-hydrogen) atoms. The molecule has 0 amide bonds. The Kier molecular flexibility index (Phi) is 2.03. The van der Waals surface area contributed by atoms with Gasteiger partial charge in [0.2, 0.25) is 0 Å². The molecule has 0 spiro atoms. The SMILES string of the molecule is Cc1cc(F)c2cnc(C(C)(C)C)nn12. The molecule has 0 aliphatic heterocycles. The molecular formula is C11H14FN3. The second kappa shape index (κ2) is 3.02. The standard InChI is InChI=1S/C11H14FN3/c1-7-5-8(12)9-6-13-10(11(2,3)4)14-15(7)9/h5-6H,1-4H3. The maximum atomic E-state index is 13.3. The van der Waals surface area contributed by atoms with Crippen molar-refractivity contribution in [2.24, 2.45) is 0 Å². The molecule has 2 heterocycles. The highest BCUT2D eigenvalue weighted by molar-refractivity contribution is 5.47. The number of rotatable bonds is 0. The largest absolute Gasteiger partial charge is 0.237 e. The van der Waals surface area contributed by atoms with Crippen molar-refractivity contribution in [2.75, 3.05) is 0 Å². The monoisotopic (exact) mass is 207 g/mol. The van der Waals surface area contributed by atoms with E-state index in [9.17, 15) is 4.39 Å². The van der Waals surface area contributed by atoms with E-state index in [1.165, 1.54) is 12.3 Å². The number of aromatic nitrogens is 3. The van der Waals surface area contributed by atoms with Crippen molar-refractivity contribution in [1.29, 1.82) is 0 Å². The van der Waals surface area contributed by atoms with Crippen LogP contribution in [0.25, 0.3) is 5.52 Å². The summed E-state index contributed by atoms with van der Waals surface area (Å²) in [6, 6.07) is 1.47. The van der Waals surface area contributed by atoms with Gasteiger partial charge in [-0.3, -0.25) is 0 Å². The fourth-order valence-electron chi connectivity index (χ4n) is 1.45. The van der Waals surface area contributed by atoms with Crippen molar-refractivity contribution < 1.29 is 4.39 Å². The van der Waals surface area contributed by atoms with Gasteiger partial charge >= 0.3 is 0 Å². The van der Waals surface area contributed by atoms with E-state index in [2.05, 4.69) is 10.1 Å². The van der Waals surface area contributed by atoms with Crippen LogP contribution in [-0.4, -0.2) is 14.6 Å². The molecule has 0 radical (unpaired) electrons. The van der Waals surface area contributed by atoms with E-state index in [-0.39, 0.29) is 11.2 Å². The van der Waals surface area contributed by atoms with Crippen molar-refractivity contribution in [1.82, 2.24) is 14.6 Å². The van der Waals surface area contributed by atoms with E-state index < -0.39 is 0 Å². The quantitative estimate of drug-likeness (QED) is 0.664. The highest BCUT2D eigenvalue weighted by Gasteiger charge is 2.19. The summed E-state index contributed by atoms with van der Waals surface area (Å²) in [5.41, 5.74) is 1.09. The highest BCUT2D eigenvalue weighted by atomic mass is 19.1. The lowest BCUT2D eigenvalue weighted by Gasteiger charge is -2.15. The normalized spacial score (nSPS) is 12.3. The number of hydrogen-bond acceptors (Lipinski definition) is 2. The van der Waals surface area contributed by atoms with Crippen LogP contribution in [0.3, 0.4) is 0 Å². The van der Waals surface area contributed by atoms with Gasteiger partial charge in [-0.05, 0) is 13.0 Å². The van der Waals surface area contributed by atoms with E-state index in [4.69, 9.17) is 0 Å². The third-order valence-corrected chi connectivity index (χ3v) is 2.32. The third-order valence-electron chi connectivity index (χ3n) is 2.32. The molecule has 0 N–H and O–H groups in total. The lowest BCUT2D eigenvalue weighted by Crippen LogP contribution is -2.18. The van der Waals surface area contributed by atoms with E-state index in [0.717, 1.165) is 5.69 Å². The van der Waals surface area contributed by atoms with Crippen molar-refractivity contribution in [3.05, 3.63) is 29.6 Å². The Hall–Kier alpha value is -1.45. The third kappa shape index (κ3) is 1.60. The average molecular weight is 207 g/mol. The van der Waals surface area contributed by atoms with Crippen LogP contribution in [0, 0.1) is 12.7 Å². The smallest absolute Gasteiger partial charge is 0.154 e. The summed E-state index contributed by atoms with van der Waals surface area (Å²) >= 11 is 0. The summed E-state index contributed by atoms with van der Waals surface area (Å²) in [6.45, 7) is 7.92. The van der Waals surface area contributed by atoms with Crippen LogP contribution in [0.1, 0.15) is 32.3 Å². The average Bonchev–Trinajstić information content (AvgIpc) is 2.41. The lowest BCUT2D eigenvalue weighted by molar-refractivity contribution is 0.527. The molecule has 0 aliphatic rings. The van der Waals surface area contributed by atoms with E-state index in [1.807, 2.05) is 27.7 Å². The fourth-order valence-corrected chi connectivity index (χ4v) is 1.45. The predicted octanol–water partition coefficient (Wildman–Crippen LogP) is 2.47. The zero-order valence-electron chi connectivity index (χ0n) is 9.37. The molecule has 2 rings (SSSR count). The van der Waals surface area contributed by atoms with Gasteiger partial charge in [0.15, 0.2) is 11.6 Å². The van der Waals surface area contributed by atoms with Gasteiger partial charge in [0.1, 0.15) is 5.52 Å². The molecule has 0 saturated carbocycles. The summed E-state index contributed by atoms with van der Waals surface area (Å²) in [5.74, 6) is 0.446. The topological polar surface area (TPSA) is 30.2 Å². The van der Waals surface area contributed by atoms with Gasteiger partial charge in [-0.15, -0.1) is 0 Å². The van der Waals surface area contributed by atoms with Gasteiger partial charge in [-0.1, -0.05) is 20.8 Å². The van der Waals surface area contributed by atoms with Crippen molar-refractivity contribution in [3.63, 3.8) is 0 Å². The van der Waals surface area contributed by atoms with Crippen LogP contribution in [0.5, 0.6) is 0 Å². The van der Waals surface area contributed by atoms with Crippen LogP contribution in [-0.2, 0) is 5.41 Å². The first-order valence-electron chi connectivity index (χ1n) is 4.91. The molecule has 2 aromatic heterocycles. The molecular weight excluding hydrogens is 193 g/mol. The molecule has 0 fully saturated rings. The molecule has 4 heteroatoms. The number of nitrogens with zero attached hydrogens (tertiary/aromatic N) is 3. The Labute approximate surface area is 87.9 Å². The van der Waals surface area contributed by atoms with E-state index in [1.54, 1.807) is 4.52 Å². The summed E-state index contributed by atoms with van der Waals surface area (Å²) in [5, 5.41) is 4.33. The number of aryl methyl sites for hydroxylation is 1. The number of fused-ring (bicyclic) bond motifs is 1. The van der Waals surface area contributed by atoms with Crippen molar-refractivity contribution in [3.8, 4) is 0 Å². The maximum absolute atomic E-state index is 13.3. The Bertz CT molecular complexity index is 508. The summed E-state index contributed by atoms with van der Waals surface area (Å²) < 4.78 is 14.9. The highest BCUT2D eigenvalue weighted by Crippen LogP contribution is 2.19. The summed E-state index contributed by atoms with van der Waals surface area (Å²) in [6.07, 6.45) is 1.54. The summed E-state index contributed by atoms with van der Waals surface area (Å²) in [4.78, 5) is 4.18. The Morgan fingerprint density at radius 2 is 2.00 bits per heavy atom. The van der Waals surface area contributed by atoms with Crippen LogP contribution >= 0.6 is 0 Å². The van der Waals surface area contributed by atoms with Crippen molar-refractivity contribution >= 4 is 5.52 Å². The molecule has 0 bridgehead atoms.